The molecule has 0 aliphatic rings. The van der Waals surface area contributed by atoms with Crippen LogP contribution in [-0.4, -0.2) is 11.7 Å². The molecular formula is C10H17N3O2S. The fraction of sp³-hybridized carbons (Fsp3) is 0.500. The van der Waals surface area contributed by atoms with Gasteiger partial charge >= 0.3 is 6.09 Å². The molecule has 0 saturated heterocycles. The van der Waals surface area contributed by atoms with E-state index in [0.717, 1.165) is 10.6 Å². The molecule has 0 aromatic carbocycles. The van der Waals surface area contributed by atoms with Gasteiger partial charge in [0.05, 0.1) is 6.54 Å². The first-order valence-corrected chi connectivity index (χ1v) is 5.80. The molecule has 4 N–H and O–H groups in total. The van der Waals surface area contributed by atoms with Crippen LogP contribution in [-0.2, 0) is 11.3 Å². The number of carbonyl (C=O) groups excluding carboxylic acids is 1. The summed E-state index contributed by atoms with van der Waals surface area (Å²) in [5.41, 5.74) is 11.1. The van der Waals surface area contributed by atoms with Gasteiger partial charge in [-0.05, 0) is 32.2 Å². The fourth-order valence-electron chi connectivity index (χ4n) is 0.994. The van der Waals surface area contributed by atoms with Gasteiger partial charge in [0.2, 0.25) is 0 Å². The normalized spacial score (nSPS) is 11.2. The Kier molecular flexibility index (Phi) is 4.14. The van der Waals surface area contributed by atoms with Crippen molar-refractivity contribution in [2.75, 3.05) is 5.73 Å². The average molecular weight is 243 g/mol. The molecule has 1 amide bonds. The number of nitrogen functional groups attached to an aromatic ring is 1. The molecule has 0 unspecified atom stereocenters. The highest BCUT2D eigenvalue weighted by atomic mass is 32.1. The zero-order valence-electron chi connectivity index (χ0n) is 9.66. The van der Waals surface area contributed by atoms with Gasteiger partial charge < -0.3 is 10.5 Å². The number of ether oxygens (including phenoxy) is 1. The average Bonchev–Trinajstić information content (AvgIpc) is 2.48. The third-order valence-electron chi connectivity index (χ3n) is 1.62. The van der Waals surface area contributed by atoms with Crippen molar-refractivity contribution >= 4 is 23.1 Å². The number of hydrogen-bond acceptors (Lipinski definition) is 5. The van der Waals surface area contributed by atoms with Gasteiger partial charge in [0.25, 0.3) is 0 Å². The van der Waals surface area contributed by atoms with E-state index in [0.29, 0.717) is 6.54 Å². The minimum atomic E-state index is -0.498. The monoisotopic (exact) mass is 243 g/mol. The summed E-state index contributed by atoms with van der Waals surface area (Å²) in [4.78, 5) is 12.2. The number of anilines is 1. The van der Waals surface area contributed by atoms with Gasteiger partial charge in [0.1, 0.15) is 5.60 Å². The van der Waals surface area contributed by atoms with Gasteiger partial charge in [0.15, 0.2) is 0 Å². The highest BCUT2D eigenvalue weighted by Gasteiger charge is 2.15. The predicted molar refractivity (Wildman–Crippen MR) is 64.9 cm³/mol. The molecule has 1 heterocycles. The van der Waals surface area contributed by atoms with E-state index in [1.54, 1.807) is 0 Å². The highest BCUT2D eigenvalue weighted by Crippen LogP contribution is 2.17. The zero-order chi connectivity index (χ0) is 12.2. The molecule has 1 rings (SSSR count). The number of amides is 1. The fourth-order valence-corrected chi connectivity index (χ4v) is 1.73. The Labute approximate surface area is 98.9 Å². The molecule has 0 bridgehead atoms. The van der Waals surface area contributed by atoms with E-state index in [1.807, 2.05) is 32.2 Å². The van der Waals surface area contributed by atoms with Crippen molar-refractivity contribution in [2.24, 2.45) is 0 Å². The molecule has 6 heteroatoms. The van der Waals surface area contributed by atoms with Crippen LogP contribution in [0.3, 0.4) is 0 Å². The second-order valence-corrected chi connectivity index (χ2v) is 5.28. The van der Waals surface area contributed by atoms with Gasteiger partial charge in [-0.25, -0.2) is 10.2 Å². The smallest absolute Gasteiger partial charge is 0.422 e. The van der Waals surface area contributed by atoms with Gasteiger partial charge in [-0.3, -0.25) is 5.43 Å². The van der Waals surface area contributed by atoms with Crippen LogP contribution in [0.2, 0.25) is 0 Å². The summed E-state index contributed by atoms with van der Waals surface area (Å²) in [6.45, 7) is 5.92. The Hall–Kier alpha value is -1.27. The lowest BCUT2D eigenvalue weighted by molar-refractivity contribution is 0.0497. The van der Waals surface area contributed by atoms with Crippen LogP contribution >= 0.6 is 11.3 Å². The van der Waals surface area contributed by atoms with Crippen LogP contribution in [0.4, 0.5) is 10.5 Å². The third kappa shape index (κ3) is 4.50. The number of nitrogens with two attached hydrogens (primary N) is 1. The SMILES string of the molecule is CC(C)(C)OC(=O)NNCc1sccc1N. The maximum atomic E-state index is 11.2. The lowest BCUT2D eigenvalue weighted by Gasteiger charge is -2.19. The third-order valence-corrected chi connectivity index (χ3v) is 2.55. The van der Waals surface area contributed by atoms with Crippen molar-refractivity contribution in [1.29, 1.82) is 0 Å². The summed E-state index contributed by atoms with van der Waals surface area (Å²) in [7, 11) is 0. The van der Waals surface area contributed by atoms with E-state index in [9.17, 15) is 4.79 Å². The molecule has 1 aromatic rings. The molecule has 0 aliphatic heterocycles. The quantitative estimate of drug-likeness (QED) is 0.708. The van der Waals surface area contributed by atoms with Gasteiger partial charge in [-0.1, -0.05) is 0 Å². The van der Waals surface area contributed by atoms with Crippen molar-refractivity contribution in [2.45, 2.75) is 32.9 Å². The Morgan fingerprint density at radius 2 is 2.25 bits per heavy atom. The molecule has 0 saturated carbocycles. The van der Waals surface area contributed by atoms with E-state index in [-0.39, 0.29) is 0 Å². The standard InChI is InChI=1S/C10H17N3O2S/c1-10(2,3)15-9(14)13-12-6-8-7(11)4-5-16-8/h4-5,12H,6,11H2,1-3H3,(H,13,14). The first-order chi connectivity index (χ1) is 7.38. The Bertz CT molecular complexity index is 357. The zero-order valence-corrected chi connectivity index (χ0v) is 10.5. The molecule has 5 nitrogen and oxygen atoms in total. The van der Waals surface area contributed by atoms with Crippen molar-refractivity contribution in [3.8, 4) is 0 Å². The molecule has 1 aromatic heterocycles. The largest absolute Gasteiger partial charge is 0.443 e. The van der Waals surface area contributed by atoms with Gasteiger partial charge in [-0.2, -0.15) is 0 Å². The Morgan fingerprint density at radius 3 is 2.75 bits per heavy atom. The number of hydrogen-bond donors (Lipinski definition) is 3. The maximum Gasteiger partial charge on any atom is 0.422 e. The van der Waals surface area contributed by atoms with Crippen LogP contribution in [0.1, 0.15) is 25.6 Å². The first-order valence-electron chi connectivity index (χ1n) is 4.92. The van der Waals surface area contributed by atoms with Crippen molar-refractivity contribution in [3.05, 3.63) is 16.3 Å². The van der Waals surface area contributed by atoms with Crippen LogP contribution in [0.25, 0.3) is 0 Å². The molecule has 0 atom stereocenters. The summed E-state index contributed by atoms with van der Waals surface area (Å²) in [6, 6.07) is 1.83. The van der Waals surface area contributed by atoms with Crippen LogP contribution in [0.5, 0.6) is 0 Å². The summed E-state index contributed by atoms with van der Waals surface area (Å²) in [5, 5.41) is 1.90. The minimum absolute atomic E-state index is 0.489. The number of hydrazine groups is 1. The summed E-state index contributed by atoms with van der Waals surface area (Å²) in [5.74, 6) is 0. The maximum absolute atomic E-state index is 11.2. The van der Waals surface area contributed by atoms with E-state index < -0.39 is 11.7 Å². The van der Waals surface area contributed by atoms with Crippen LogP contribution < -0.4 is 16.6 Å². The number of carbonyl (C=O) groups is 1. The molecule has 90 valence electrons. The number of nitrogens with one attached hydrogen (secondary N) is 2. The van der Waals surface area contributed by atoms with Crippen LogP contribution in [0.15, 0.2) is 11.4 Å². The van der Waals surface area contributed by atoms with Crippen molar-refractivity contribution in [3.63, 3.8) is 0 Å². The highest BCUT2D eigenvalue weighted by molar-refractivity contribution is 7.10. The molecule has 16 heavy (non-hydrogen) atoms. The van der Waals surface area contributed by atoms with E-state index in [4.69, 9.17) is 10.5 Å². The Morgan fingerprint density at radius 1 is 1.56 bits per heavy atom. The summed E-state index contributed by atoms with van der Waals surface area (Å²) in [6.07, 6.45) is -0.498. The minimum Gasteiger partial charge on any atom is -0.443 e. The van der Waals surface area contributed by atoms with E-state index >= 15 is 0 Å². The number of rotatable bonds is 3. The predicted octanol–water partition coefficient (Wildman–Crippen LogP) is 1.86. The van der Waals surface area contributed by atoms with Crippen LogP contribution in [0, 0.1) is 0 Å². The van der Waals surface area contributed by atoms with E-state index in [2.05, 4.69) is 10.9 Å². The first kappa shape index (κ1) is 12.8. The topological polar surface area (TPSA) is 76.4 Å². The molecule has 0 radical (unpaired) electrons. The van der Waals surface area contributed by atoms with Crippen molar-refractivity contribution in [1.82, 2.24) is 10.9 Å². The van der Waals surface area contributed by atoms with Gasteiger partial charge in [-0.15, -0.1) is 11.3 Å². The second kappa shape index (κ2) is 5.18. The lowest BCUT2D eigenvalue weighted by atomic mass is 10.2. The van der Waals surface area contributed by atoms with Gasteiger partial charge in [0, 0.05) is 10.6 Å². The van der Waals surface area contributed by atoms with Crippen molar-refractivity contribution < 1.29 is 9.53 Å². The molecular weight excluding hydrogens is 226 g/mol. The summed E-state index contributed by atoms with van der Waals surface area (Å²) < 4.78 is 5.05. The molecule has 0 spiro atoms. The van der Waals surface area contributed by atoms with E-state index in [1.165, 1.54) is 11.3 Å². The second-order valence-electron chi connectivity index (χ2n) is 4.28. The summed E-state index contributed by atoms with van der Waals surface area (Å²) >= 11 is 1.53. The number of thiophene rings is 1. The Balaban J connectivity index is 2.26. The lowest BCUT2D eigenvalue weighted by Crippen LogP contribution is -2.40. The molecule has 0 aliphatic carbocycles. The molecule has 0 fully saturated rings.